The van der Waals surface area contributed by atoms with Crippen molar-refractivity contribution in [3.05, 3.63) is 0 Å². The van der Waals surface area contributed by atoms with E-state index in [2.05, 4.69) is 10.1 Å². The highest BCUT2D eigenvalue weighted by atomic mass is 16.4. The zero-order valence-corrected chi connectivity index (χ0v) is 10.6. The molecule has 0 aromatic heterocycles. The van der Waals surface area contributed by atoms with Crippen LogP contribution in [0.3, 0.4) is 0 Å². The number of fused-ring (bicyclic) bond motifs is 2. The molecule has 3 fully saturated rings. The van der Waals surface area contributed by atoms with Crippen molar-refractivity contribution in [3.8, 4) is 0 Å². The lowest BCUT2D eigenvalue weighted by atomic mass is 9.67. The minimum absolute atomic E-state index is 0.561. The lowest BCUT2D eigenvalue weighted by molar-refractivity contribution is 0.0972. The second-order valence-corrected chi connectivity index (χ2v) is 6.00. The maximum absolute atomic E-state index is 9.28. The number of piperidine rings is 1. The van der Waals surface area contributed by atoms with Gasteiger partial charge in [0.05, 0.1) is 5.71 Å². The molecular weight excluding hydrogens is 212 g/mol. The van der Waals surface area contributed by atoms with Crippen LogP contribution in [0.15, 0.2) is 5.16 Å². The molecule has 3 rings (SSSR count). The molecule has 96 valence electrons. The van der Waals surface area contributed by atoms with E-state index in [0.717, 1.165) is 5.71 Å². The summed E-state index contributed by atoms with van der Waals surface area (Å²) in [6.45, 7) is 2.54. The average Bonchev–Trinajstić information content (AvgIpc) is 2.39. The number of oxime groups is 1. The quantitative estimate of drug-likeness (QED) is 0.561. The molecule has 0 radical (unpaired) electrons. The third kappa shape index (κ3) is 2.10. The Hall–Kier alpha value is -0.570. The summed E-state index contributed by atoms with van der Waals surface area (Å²) in [4.78, 5) is 2.68. The van der Waals surface area contributed by atoms with Gasteiger partial charge in [0, 0.05) is 17.9 Å². The molecule has 3 heteroatoms. The summed E-state index contributed by atoms with van der Waals surface area (Å²) in [5.74, 6) is 1.16. The van der Waals surface area contributed by atoms with Crippen LogP contribution in [0, 0.1) is 11.8 Å². The van der Waals surface area contributed by atoms with E-state index in [1.807, 2.05) is 0 Å². The first-order chi connectivity index (χ1) is 8.40. The molecule has 2 saturated carbocycles. The summed E-state index contributed by atoms with van der Waals surface area (Å²) in [5, 5.41) is 12.9. The Bertz CT molecular complexity index is 297. The van der Waals surface area contributed by atoms with E-state index in [1.54, 1.807) is 0 Å². The third-order valence-corrected chi connectivity index (χ3v) is 5.12. The van der Waals surface area contributed by atoms with E-state index in [1.165, 1.54) is 64.5 Å². The lowest BCUT2D eigenvalue weighted by Gasteiger charge is -2.46. The molecular formula is C14H24N2O. The van der Waals surface area contributed by atoms with Crippen LogP contribution in [0.2, 0.25) is 0 Å². The van der Waals surface area contributed by atoms with Crippen LogP contribution in [-0.2, 0) is 0 Å². The molecule has 2 bridgehead atoms. The van der Waals surface area contributed by atoms with Gasteiger partial charge in [-0.05, 0) is 51.6 Å². The van der Waals surface area contributed by atoms with Gasteiger partial charge in [0.2, 0.25) is 0 Å². The number of nitrogens with zero attached hydrogens (tertiary/aromatic N) is 2. The first kappa shape index (κ1) is 11.5. The van der Waals surface area contributed by atoms with Crippen LogP contribution in [0.25, 0.3) is 0 Å². The third-order valence-electron chi connectivity index (χ3n) is 5.12. The van der Waals surface area contributed by atoms with Gasteiger partial charge in [-0.3, -0.25) is 4.90 Å². The predicted octanol–water partition coefficient (Wildman–Crippen LogP) is 2.88. The Kier molecular flexibility index (Phi) is 3.37. The van der Waals surface area contributed by atoms with Gasteiger partial charge in [0.15, 0.2) is 0 Å². The summed E-state index contributed by atoms with van der Waals surface area (Å²) in [6, 6.07) is 0.678. The molecule has 3 nitrogen and oxygen atoms in total. The Balaban J connectivity index is 1.76. The number of hydrogen-bond acceptors (Lipinski definition) is 3. The van der Waals surface area contributed by atoms with Gasteiger partial charge in [0.1, 0.15) is 0 Å². The van der Waals surface area contributed by atoms with E-state index in [9.17, 15) is 5.21 Å². The highest BCUT2D eigenvalue weighted by molar-refractivity contribution is 5.90. The van der Waals surface area contributed by atoms with Crippen molar-refractivity contribution in [2.45, 2.75) is 57.4 Å². The van der Waals surface area contributed by atoms with E-state index in [4.69, 9.17) is 0 Å². The topological polar surface area (TPSA) is 35.8 Å². The molecule has 3 atom stereocenters. The second-order valence-electron chi connectivity index (χ2n) is 6.00. The van der Waals surface area contributed by atoms with Crippen molar-refractivity contribution >= 4 is 5.71 Å². The van der Waals surface area contributed by atoms with Crippen molar-refractivity contribution in [2.75, 3.05) is 13.1 Å². The maximum Gasteiger partial charge on any atom is 0.0648 e. The van der Waals surface area contributed by atoms with Gasteiger partial charge in [0.25, 0.3) is 0 Å². The van der Waals surface area contributed by atoms with Gasteiger partial charge in [-0.2, -0.15) is 0 Å². The average molecular weight is 236 g/mol. The molecule has 1 heterocycles. The second kappa shape index (κ2) is 4.97. The van der Waals surface area contributed by atoms with Crippen LogP contribution in [-0.4, -0.2) is 35.0 Å². The van der Waals surface area contributed by atoms with E-state index in [0.29, 0.717) is 17.9 Å². The van der Waals surface area contributed by atoms with Crippen LogP contribution < -0.4 is 0 Å². The minimum Gasteiger partial charge on any atom is -0.411 e. The molecule has 1 aliphatic heterocycles. The zero-order valence-electron chi connectivity index (χ0n) is 10.6. The Morgan fingerprint density at radius 1 is 0.941 bits per heavy atom. The Morgan fingerprint density at radius 3 is 2.53 bits per heavy atom. The van der Waals surface area contributed by atoms with Crippen LogP contribution in [0.1, 0.15) is 51.4 Å². The molecule has 2 aliphatic carbocycles. The summed E-state index contributed by atoms with van der Waals surface area (Å²) in [5.41, 5.74) is 1.14. The van der Waals surface area contributed by atoms with Crippen LogP contribution in [0.4, 0.5) is 0 Å². The molecule has 0 aromatic carbocycles. The lowest BCUT2D eigenvalue weighted by Crippen LogP contribution is -2.51. The standard InChI is InChI=1S/C14H24N2O/c17-15-14-11-5-4-6-12(14)13(8-7-11)16-9-2-1-3-10-16/h11-13,17H,1-10H2/b15-14+/t11-,12+,13-/m0/s1. The molecule has 17 heavy (non-hydrogen) atoms. The van der Waals surface area contributed by atoms with Gasteiger partial charge in [-0.15, -0.1) is 0 Å². The zero-order chi connectivity index (χ0) is 11.7. The molecule has 3 aliphatic rings. The van der Waals surface area contributed by atoms with Gasteiger partial charge < -0.3 is 5.21 Å². The smallest absolute Gasteiger partial charge is 0.0648 e. The number of hydrogen-bond donors (Lipinski definition) is 1. The normalized spacial score (nSPS) is 41.6. The Labute approximate surface area is 104 Å². The van der Waals surface area contributed by atoms with Gasteiger partial charge in [-0.1, -0.05) is 18.0 Å². The van der Waals surface area contributed by atoms with Crippen LogP contribution >= 0.6 is 0 Å². The molecule has 0 aromatic rings. The van der Waals surface area contributed by atoms with Crippen LogP contribution in [0.5, 0.6) is 0 Å². The van der Waals surface area contributed by atoms with Crippen molar-refractivity contribution in [1.82, 2.24) is 4.90 Å². The molecule has 1 N–H and O–H groups in total. The van der Waals surface area contributed by atoms with Gasteiger partial charge in [-0.25, -0.2) is 0 Å². The molecule has 0 amide bonds. The molecule has 0 unspecified atom stereocenters. The molecule has 1 saturated heterocycles. The molecule has 0 spiro atoms. The monoisotopic (exact) mass is 236 g/mol. The number of rotatable bonds is 1. The minimum atomic E-state index is 0.561. The fraction of sp³-hybridized carbons (Fsp3) is 0.929. The largest absolute Gasteiger partial charge is 0.411 e. The maximum atomic E-state index is 9.28. The highest BCUT2D eigenvalue weighted by Crippen LogP contribution is 2.40. The summed E-state index contributed by atoms with van der Waals surface area (Å²) < 4.78 is 0. The fourth-order valence-corrected chi connectivity index (χ4v) is 4.28. The predicted molar refractivity (Wildman–Crippen MR) is 68.5 cm³/mol. The first-order valence-electron chi connectivity index (χ1n) is 7.36. The van der Waals surface area contributed by atoms with E-state index >= 15 is 0 Å². The van der Waals surface area contributed by atoms with E-state index < -0.39 is 0 Å². The van der Waals surface area contributed by atoms with E-state index in [-0.39, 0.29) is 0 Å². The Morgan fingerprint density at radius 2 is 1.76 bits per heavy atom. The number of likely N-dealkylation sites (tertiary alicyclic amines) is 1. The summed E-state index contributed by atoms with van der Waals surface area (Å²) in [7, 11) is 0. The summed E-state index contributed by atoms with van der Waals surface area (Å²) >= 11 is 0. The summed E-state index contributed by atoms with van der Waals surface area (Å²) in [6.07, 6.45) is 10.5. The highest BCUT2D eigenvalue weighted by Gasteiger charge is 2.41. The van der Waals surface area contributed by atoms with Gasteiger partial charge >= 0.3 is 0 Å². The SMILES string of the molecule is O/N=C1\[C@H]2CCC[C@@H]1[C@@H](N1CCCCC1)CC2. The van der Waals surface area contributed by atoms with Crippen molar-refractivity contribution < 1.29 is 5.21 Å². The fourth-order valence-electron chi connectivity index (χ4n) is 4.28. The van der Waals surface area contributed by atoms with Crippen molar-refractivity contribution in [1.29, 1.82) is 0 Å². The van der Waals surface area contributed by atoms with Crippen molar-refractivity contribution in [3.63, 3.8) is 0 Å². The first-order valence-corrected chi connectivity index (χ1v) is 7.36. The van der Waals surface area contributed by atoms with Crippen molar-refractivity contribution in [2.24, 2.45) is 17.0 Å².